The molecule has 0 unspecified atom stereocenters. The number of aromatic nitrogens is 1. The molecule has 1 N–H and O–H groups in total. The zero-order valence-electron chi connectivity index (χ0n) is 10.3. The maximum absolute atomic E-state index is 11.8. The summed E-state index contributed by atoms with van der Waals surface area (Å²) in [6.07, 6.45) is 1.44. The lowest BCUT2D eigenvalue weighted by Gasteiger charge is -2.04. The fraction of sp³-hybridized carbons (Fsp3) is 0.231. The molecule has 1 aromatic carbocycles. The van der Waals surface area contributed by atoms with Gasteiger partial charge >= 0.3 is 0 Å². The predicted octanol–water partition coefficient (Wildman–Crippen LogP) is 1.64. The first-order valence-electron chi connectivity index (χ1n) is 5.82. The molecule has 0 radical (unpaired) electrons. The van der Waals surface area contributed by atoms with Crippen molar-refractivity contribution < 1.29 is 18.8 Å². The highest BCUT2D eigenvalue weighted by Gasteiger charge is 2.15. The van der Waals surface area contributed by atoms with Crippen LogP contribution in [0.5, 0.6) is 11.5 Å². The van der Waals surface area contributed by atoms with Crippen LogP contribution in [0.3, 0.4) is 0 Å². The molecule has 0 saturated carbocycles. The van der Waals surface area contributed by atoms with Crippen molar-refractivity contribution in [1.82, 2.24) is 10.5 Å². The van der Waals surface area contributed by atoms with Crippen molar-refractivity contribution in [3.05, 3.63) is 41.3 Å². The maximum atomic E-state index is 11.8. The van der Waals surface area contributed by atoms with E-state index in [-0.39, 0.29) is 12.7 Å². The summed E-state index contributed by atoms with van der Waals surface area (Å²) in [5.41, 5.74) is 1.95. The number of nitrogens with zero attached hydrogens (tertiary/aromatic N) is 1. The summed E-state index contributed by atoms with van der Waals surface area (Å²) in [7, 11) is 0. The monoisotopic (exact) mass is 260 g/mol. The van der Waals surface area contributed by atoms with E-state index in [0.29, 0.717) is 23.6 Å². The maximum Gasteiger partial charge on any atom is 0.274 e. The van der Waals surface area contributed by atoms with E-state index >= 15 is 0 Å². The van der Waals surface area contributed by atoms with Crippen molar-refractivity contribution in [2.45, 2.75) is 13.5 Å². The molecule has 6 nitrogen and oxygen atoms in total. The second-order valence-electron chi connectivity index (χ2n) is 4.22. The second kappa shape index (κ2) is 4.64. The van der Waals surface area contributed by atoms with E-state index in [1.807, 2.05) is 18.2 Å². The molecule has 1 aromatic heterocycles. The Morgan fingerprint density at radius 2 is 2.21 bits per heavy atom. The van der Waals surface area contributed by atoms with E-state index in [2.05, 4.69) is 10.5 Å². The Morgan fingerprint density at radius 3 is 3.00 bits per heavy atom. The Labute approximate surface area is 109 Å². The highest BCUT2D eigenvalue weighted by atomic mass is 16.7. The SMILES string of the molecule is Cc1conc1C(=O)NCc1ccc2c(c1)OCO2. The van der Waals surface area contributed by atoms with Gasteiger partial charge in [0.2, 0.25) is 6.79 Å². The van der Waals surface area contributed by atoms with Gasteiger partial charge in [0, 0.05) is 12.1 Å². The molecule has 2 heterocycles. The van der Waals surface area contributed by atoms with Crippen LogP contribution in [0.15, 0.2) is 29.0 Å². The normalized spacial score (nSPS) is 12.5. The first kappa shape index (κ1) is 11.6. The lowest BCUT2D eigenvalue weighted by atomic mass is 10.2. The number of aryl methyl sites for hydroxylation is 1. The molecule has 1 aliphatic heterocycles. The number of fused-ring (bicyclic) bond motifs is 1. The average molecular weight is 260 g/mol. The van der Waals surface area contributed by atoms with Crippen LogP contribution in [0.2, 0.25) is 0 Å². The van der Waals surface area contributed by atoms with Gasteiger partial charge < -0.3 is 19.3 Å². The number of benzene rings is 1. The van der Waals surface area contributed by atoms with E-state index in [1.165, 1.54) is 6.26 Å². The summed E-state index contributed by atoms with van der Waals surface area (Å²) in [6.45, 7) is 2.40. The van der Waals surface area contributed by atoms with Gasteiger partial charge in [-0.25, -0.2) is 0 Å². The molecule has 0 atom stereocenters. The third-order valence-electron chi connectivity index (χ3n) is 2.85. The quantitative estimate of drug-likeness (QED) is 0.908. The van der Waals surface area contributed by atoms with Crippen LogP contribution in [-0.4, -0.2) is 17.9 Å². The van der Waals surface area contributed by atoms with E-state index < -0.39 is 0 Å². The highest BCUT2D eigenvalue weighted by Crippen LogP contribution is 2.32. The molecule has 19 heavy (non-hydrogen) atoms. The van der Waals surface area contributed by atoms with Gasteiger partial charge in [0.15, 0.2) is 17.2 Å². The molecule has 1 aliphatic rings. The van der Waals surface area contributed by atoms with E-state index in [1.54, 1.807) is 6.92 Å². The Bertz CT molecular complexity index is 621. The van der Waals surface area contributed by atoms with Gasteiger partial charge in [0.25, 0.3) is 5.91 Å². The fourth-order valence-electron chi connectivity index (χ4n) is 1.82. The van der Waals surface area contributed by atoms with Crippen molar-refractivity contribution in [3.63, 3.8) is 0 Å². The zero-order valence-corrected chi connectivity index (χ0v) is 10.3. The summed E-state index contributed by atoms with van der Waals surface area (Å²) in [4.78, 5) is 11.8. The standard InChI is InChI=1S/C13H12N2O4/c1-8-6-19-15-12(8)13(16)14-5-9-2-3-10-11(4-9)18-7-17-10/h2-4,6H,5,7H2,1H3,(H,14,16). The van der Waals surface area contributed by atoms with E-state index in [0.717, 1.165) is 11.3 Å². The van der Waals surface area contributed by atoms with Crippen molar-refractivity contribution in [3.8, 4) is 11.5 Å². The summed E-state index contributed by atoms with van der Waals surface area (Å²) in [5, 5.41) is 6.43. The Balaban J connectivity index is 1.66. The number of carbonyl (C=O) groups is 1. The molecule has 1 amide bonds. The topological polar surface area (TPSA) is 73.6 Å². The molecule has 0 aliphatic carbocycles. The van der Waals surface area contributed by atoms with Crippen molar-refractivity contribution >= 4 is 5.91 Å². The number of amides is 1. The number of nitrogens with one attached hydrogen (secondary N) is 1. The van der Waals surface area contributed by atoms with E-state index in [4.69, 9.17) is 14.0 Å². The van der Waals surface area contributed by atoms with Crippen molar-refractivity contribution in [2.24, 2.45) is 0 Å². The lowest BCUT2D eigenvalue weighted by molar-refractivity contribution is 0.0941. The molecule has 0 spiro atoms. The zero-order chi connectivity index (χ0) is 13.2. The van der Waals surface area contributed by atoms with Gasteiger partial charge in [-0.3, -0.25) is 4.79 Å². The predicted molar refractivity (Wildman–Crippen MR) is 65.0 cm³/mol. The van der Waals surface area contributed by atoms with Gasteiger partial charge in [-0.1, -0.05) is 11.2 Å². The lowest BCUT2D eigenvalue weighted by Crippen LogP contribution is -2.23. The third-order valence-corrected chi connectivity index (χ3v) is 2.85. The van der Waals surface area contributed by atoms with Gasteiger partial charge in [0.1, 0.15) is 6.26 Å². The summed E-state index contributed by atoms with van der Waals surface area (Å²) in [6, 6.07) is 5.55. The van der Waals surface area contributed by atoms with Crippen molar-refractivity contribution in [2.75, 3.05) is 6.79 Å². The molecule has 3 rings (SSSR count). The van der Waals surface area contributed by atoms with E-state index in [9.17, 15) is 4.79 Å². The molecule has 6 heteroatoms. The number of rotatable bonds is 3. The Hall–Kier alpha value is -2.50. The highest BCUT2D eigenvalue weighted by molar-refractivity contribution is 5.93. The molecular weight excluding hydrogens is 248 g/mol. The minimum absolute atomic E-state index is 0.239. The largest absolute Gasteiger partial charge is 0.454 e. The summed E-state index contributed by atoms with van der Waals surface area (Å²) in [5.74, 6) is 1.16. The minimum Gasteiger partial charge on any atom is -0.454 e. The first-order valence-corrected chi connectivity index (χ1v) is 5.82. The van der Waals surface area contributed by atoms with Crippen LogP contribution < -0.4 is 14.8 Å². The van der Waals surface area contributed by atoms with Crippen LogP contribution in [0.25, 0.3) is 0 Å². The van der Waals surface area contributed by atoms with Crippen molar-refractivity contribution in [1.29, 1.82) is 0 Å². The first-order chi connectivity index (χ1) is 9.24. The van der Waals surface area contributed by atoms with Crippen LogP contribution >= 0.6 is 0 Å². The van der Waals surface area contributed by atoms with Gasteiger partial charge in [0.05, 0.1) is 0 Å². The Kier molecular flexibility index (Phi) is 2.83. The second-order valence-corrected chi connectivity index (χ2v) is 4.22. The number of carbonyl (C=O) groups excluding carboxylic acids is 1. The van der Waals surface area contributed by atoms with Crippen LogP contribution in [0.1, 0.15) is 21.6 Å². The smallest absolute Gasteiger partial charge is 0.274 e. The molecule has 2 aromatic rings. The van der Waals surface area contributed by atoms with Gasteiger partial charge in [-0.15, -0.1) is 0 Å². The number of ether oxygens (including phenoxy) is 2. The fourth-order valence-corrected chi connectivity index (χ4v) is 1.82. The van der Waals surface area contributed by atoms with Gasteiger partial charge in [-0.2, -0.15) is 0 Å². The molecule has 0 fully saturated rings. The third kappa shape index (κ3) is 2.24. The Morgan fingerprint density at radius 1 is 1.37 bits per heavy atom. The molecule has 0 saturated heterocycles. The van der Waals surface area contributed by atoms with Gasteiger partial charge in [-0.05, 0) is 24.6 Å². The van der Waals surface area contributed by atoms with Crippen LogP contribution in [-0.2, 0) is 6.54 Å². The minimum atomic E-state index is -0.260. The summed E-state index contributed by atoms with van der Waals surface area (Å²) < 4.78 is 15.2. The number of hydrogen-bond donors (Lipinski definition) is 1. The van der Waals surface area contributed by atoms with Crippen LogP contribution in [0.4, 0.5) is 0 Å². The average Bonchev–Trinajstić information content (AvgIpc) is 3.03. The van der Waals surface area contributed by atoms with Crippen LogP contribution in [0, 0.1) is 6.92 Å². The number of hydrogen-bond acceptors (Lipinski definition) is 5. The molecule has 0 bridgehead atoms. The molecule has 98 valence electrons. The molecular formula is C13H12N2O4. The summed E-state index contributed by atoms with van der Waals surface area (Å²) >= 11 is 0.